The van der Waals surface area contributed by atoms with Crippen molar-refractivity contribution in [2.24, 2.45) is 5.92 Å². The average Bonchev–Trinajstić information content (AvgIpc) is 2.99. The van der Waals surface area contributed by atoms with E-state index in [4.69, 9.17) is 9.47 Å². The molecule has 1 aliphatic heterocycles. The van der Waals surface area contributed by atoms with E-state index in [1.807, 2.05) is 12.1 Å². The minimum atomic E-state index is 0.586. The summed E-state index contributed by atoms with van der Waals surface area (Å²) >= 11 is 0. The van der Waals surface area contributed by atoms with Crippen molar-refractivity contribution in [2.45, 2.75) is 45.2 Å². The minimum Gasteiger partial charge on any atom is -0.486 e. The number of fused-ring (bicyclic) bond motifs is 1. The van der Waals surface area contributed by atoms with Crippen LogP contribution in [0.4, 0.5) is 0 Å². The van der Waals surface area contributed by atoms with Crippen LogP contribution in [0.5, 0.6) is 11.5 Å². The third-order valence-corrected chi connectivity index (χ3v) is 4.37. The molecule has 0 aromatic heterocycles. The molecule has 2 aliphatic rings. The fraction of sp³-hybridized carbons (Fsp3) is 0.625. The molecule has 0 bridgehead atoms. The highest BCUT2D eigenvalue weighted by Gasteiger charge is 2.22. The van der Waals surface area contributed by atoms with E-state index in [0.717, 1.165) is 24.0 Å². The van der Waals surface area contributed by atoms with Gasteiger partial charge in [0.1, 0.15) is 13.2 Å². The minimum absolute atomic E-state index is 0.586. The zero-order valence-corrected chi connectivity index (χ0v) is 11.7. The number of para-hydroxylation sites is 1. The fourth-order valence-electron chi connectivity index (χ4n) is 3.17. The number of hydrogen-bond donors (Lipinski definition) is 1. The molecular formula is C16H23NO2. The van der Waals surface area contributed by atoms with Crippen LogP contribution in [0.3, 0.4) is 0 Å². The van der Waals surface area contributed by atoms with Gasteiger partial charge in [-0.15, -0.1) is 0 Å². The van der Waals surface area contributed by atoms with Crippen LogP contribution < -0.4 is 14.8 Å². The lowest BCUT2D eigenvalue weighted by Gasteiger charge is -2.24. The number of ether oxygens (including phenoxy) is 2. The van der Waals surface area contributed by atoms with Crippen LogP contribution in [0.15, 0.2) is 18.2 Å². The Labute approximate surface area is 115 Å². The van der Waals surface area contributed by atoms with Crippen molar-refractivity contribution in [1.29, 1.82) is 0 Å². The molecule has 1 atom stereocenters. The lowest BCUT2D eigenvalue weighted by Crippen LogP contribution is -2.32. The Morgan fingerprint density at radius 3 is 2.84 bits per heavy atom. The zero-order chi connectivity index (χ0) is 13.1. The van der Waals surface area contributed by atoms with Gasteiger partial charge in [0.25, 0.3) is 0 Å². The van der Waals surface area contributed by atoms with Crippen LogP contribution in [-0.2, 0) is 6.54 Å². The highest BCUT2D eigenvalue weighted by atomic mass is 16.6. The molecule has 0 spiro atoms. The van der Waals surface area contributed by atoms with Crippen molar-refractivity contribution in [3.63, 3.8) is 0 Å². The lowest BCUT2D eigenvalue weighted by atomic mass is 9.99. The van der Waals surface area contributed by atoms with Gasteiger partial charge in [0, 0.05) is 18.2 Å². The maximum atomic E-state index is 5.75. The Hall–Kier alpha value is -1.22. The molecule has 3 rings (SSSR count). The molecule has 1 aromatic rings. The van der Waals surface area contributed by atoms with Crippen molar-refractivity contribution in [2.75, 3.05) is 13.2 Å². The van der Waals surface area contributed by atoms with E-state index in [1.54, 1.807) is 0 Å². The summed E-state index contributed by atoms with van der Waals surface area (Å²) in [6, 6.07) is 6.74. The quantitative estimate of drug-likeness (QED) is 0.903. The Morgan fingerprint density at radius 1 is 1.21 bits per heavy atom. The van der Waals surface area contributed by atoms with Gasteiger partial charge in [-0.2, -0.15) is 0 Å². The van der Waals surface area contributed by atoms with Gasteiger partial charge in [0.05, 0.1) is 0 Å². The Kier molecular flexibility index (Phi) is 3.92. The molecule has 1 saturated carbocycles. The van der Waals surface area contributed by atoms with E-state index in [9.17, 15) is 0 Å². The van der Waals surface area contributed by atoms with Crippen LogP contribution in [0.1, 0.15) is 38.2 Å². The Bertz CT molecular complexity index is 427. The van der Waals surface area contributed by atoms with E-state index in [0.29, 0.717) is 19.3 Å². The van der Waals surface area contributed by atoms with Crippen LogP contribution in [0, 0.1) is 5.92 Å². The van der Waals surface area contributed by atoms with E-state index in [-0.39, 0.29) is 0 Å². The maximum Gasteiger partial charge on any atom is 0.165 e. The SMILES string of the molecule is CC(NCc1cccc2c1OCCO2)C1CCCC1. The summed E-state index contributed by atoms with van der Waals surface area (Å²) in [6.07, 6.45) is 5.55. The number of benzene rings is 1. The third-order valence-electron chi connectivity index (χ3n) is 4.37. The molecule has 3 nitrogen and oxygen atoms in total. The Balaban J connectivity index is 1.63. The monoisotopic (exact) mass is 261 g/mol. The summed E-state index contributed by atoms with van der Waals surface area (Å²) in [5.41, 5.74) is 1.21. The summed E-state index contributed by atoms with van der Waals surface area (Å²) in [6.45, 7) is 4.48. The Morgan fingerprint density at radius 2 is 2.00 bits per heavy atom. The molecule has 1 fully saturated rings. The molecule has 1 unspecified atom stereocenters. The summed E-state index contributed by atoms with van der Waals surface area (Å²) < 4.78 is 11.4. The first kappa shape index (κ1) is 12.8. The second-order valence-electron chi connectivity index (χ2n) is 5.66. The van der Waals surface area contributed by atoms with E-state index in [1.165, 1.54) is 31.2 Å². The average molecular weight is 261 g/mol. The summed E-state index contributed by atoms with van der Waals surface area (Å²) in [5.74, 6) is 2.66. The topological polar surface area (TPSA) is 30.5 Å². The van der Waals surface area contributed by atoms with Gasteiger partial charge < -0.3 is 14.8 Å². The number of rotatable bonds is 4. The van der Waals surface area contributed by atoms with Gasteiger partial charge >= 0.3 is 0 Å². The van der Waals surface area contributed by atoms with Gasteiger partial charge in [-0.3, -0.25) is 0 Å². The number of hydrogen-bond acceptors (Lipinski definition) is 3. The standard InChI is InChI=1S/C16H23NO2/c1-12(13-5-2-3-6-13)17-11-14-7-4-8-15-16(14)19-10-9-18-15/h4,7-8,12-13,17H,2-3,5-6,9-11H2,1H3. The maximum absolute atomic E-state index is 5.75. The lowest BCUT2D eigenvalue weighted by molar-refractivity contribution is 0.169. The first-order valence-electron chi connectivity index (χ1n) is 7.45. The third kappa shape index (κ3) is 2.86. The van der Waals surface area contributed by atoms with E-state index in [2.05, 4.69) is 18.3 Å². The largest absolute Gasteiger partial charge is 0.486 e. The van der Waals surface area contributed by atoms with Crippen molar-refractivity contribution in [3.8, 4) is 11.5 Å². The van der Waals surface area contributed by atoms with Gasteiger partial charge in [-0.1, -0.05) is 25.0 Å². The van der Waals surface area contributed by atoms with Crippen LogP contribution in [0.2, 0.25) is 0 Å². The molecule has 104 valence electrons. The molecular weight excluding hydrogens is 238 g/mol. The van der Waals surface area contributed by atoms with Gasteiger partial charge in [0.15, 0.2) is 11.5 Å². The molecule has 0 amide bonds. The molecule has 3 heteroatoms. The van der Waals surface area contributed by atoms with Crippen LogP contribution in [0.25, 0.3) is 0 Å². The van der Waals surface area contributed by atoms with Crippen LogP contribution in [-0.4, -0.2) is 19.3 Å². The zero-order valence-electron chi connectivity index (χ0n) is 11.7. The first-order valence-corrected chi connectivity index (χ1v) is 7.45. The normalized spacial score (nSPS) is 20.5. The molecule has 1 heterocycles. The fourth-order valence-corrected chi connectivity index (χ4v) is 3.17. The number of nitrogens with one attached hydrogen (secondary N) is 1. The second kappa shape index (κ2) is 5.83. The molecule has 1 aliphatic carbocycles. The first-order chi connectivity index (χ1) is 9.34. The van der Waals surface area contributed by atoms with Gasteiger partial charge in [-0.05, 0) is 31.7 Å². The van der Waals surface area contributed by atoms with E-state index < -0.39 is 0 Å². The van der Waals surface area contributed by atoms with Crippen molar-refractivity contribution >= 4 is 0 Å². The van der Waals surface area contributed by atoms with Crippen LogP contribution >= 0.6 is 0 Å². The van der Waals surface area contributed by atoms with Crippen molar-refractivity contribution < 1.29 is 9.47 Å². The highest BCUT2D eigenvalue weighted by Crippen LogP contribution is 2.34. The summed E-state index contributed by atoms with van der Waals surface area (Å²) in [7, 11) is 0. The predicted molar refractivity (Wildman–Crippen MR) is 75.7 cm³/mol. The highest BCUT2D eigenvalue weighted by molar-refractivity contribution is 5.47. The molecule has 0 radical (unpaired) electrons. The smallest absolute Gasteiger partial charge is 0.165 e. The van der Waals surface area contributed by atoms with E-state index >= 15 is 0 Å². The van der Waals surface area contributed by atoms with Gasteiger partial charge in [0.2, 0.25) is 0 Å². The summed E-state index contributed by atoms with van der Waals surface area (Å²) in [4.78, 5) is 0. The van der Waals surface area contributed by atoms with Crippen molar-refractivity contribution in [1.82, 2.24) is 5.32 Å². The predicted octanol–water partition coefficient (Wildman–Crippen LogP) is 3.13. The molecule has 19 heavy (non-hydrogen) atoms. The van der Waals surface area contributed by atoms with Gasteiger partial charge in [-0.25, -0.2) is 0 Å². The second-order valence-corrected chi connectivity index (χ2v) is 5.66. The van der Waals surface area contributed by atoms with Crippen molar-refractivity contribution in [3.05, 3.63) is 23.8 Å². The summed E-state index contributed by atoms with van der Waals surface area (Å²) in [5, 5.41) is 3.66. The molecule has 1 aromatic carbocycles. The molecule has 1 N–H and O–H groups in total. The molecule has 0 saturated heterocycles.